The third kappa shape index (κ3) is 3.91. The van der Waals surface area contributed by atoms with Gasteiger partial charge in [0.1, 0.15) is 5.75 Å². The number of methoxy groups -OCH3 is 1. The molecule has 1 aromatic rings. The van der Waals surface area contributed by atoms with E-state index in [1.54, 1.807) is 20.1 Å². The SMILES string of the molecule is COc1c(Cl)cccc1C=CCSC(C)=O. The molecule has 0 saturated carbocycles. The summed E-state index contributed by atoms with van der Waals surface area (Å²) in [5.74, 6) is 1.32. The largest absolute Gasteiger partial charge is 0.495 e. The van der Waals surface area contributed by atoms with Gasteiger partial charge in [-0.05, 0) is 6.07 Å². The van der Waals surface area contributed by atoms with Gasteiger partial charge < -0.3 is 4.74 Å². The van der Waals surface area contributed by atoms with Gasteiger partial charge >= 0.3 is 0 Å². The lowest BCUT2D eigenvalue weighted by molar-refractivity contribution is -0.109. The van der Waals surface area contributed by atoms with E-state index < -0.39 is 0 Å². The highest BCUT2D eigenvalue weighted by atomic mass is 35.5. The van der Waals surface area contributed by atoms with E-state index in [1.165, 1.54) is 11.8 Å². The minimum atomic E-state index is 0.114. The lowest BCUT2D eigenvalue weighted by Crippen LogP contribution is -1.88. The van der Waals surface area contributed by atoms with E-state index in [0.717, 1.165) is 5.56 Å². The molecule has 1 aromatic carbocycles. The molecule has 0 aromatic heterocycles. The molecule has 0 spiro atoms. The van der Waals surface area contributed by atoms with Crippen molar-refractivity contribution >= 4 is 34.6 Å². The van der Waals surface area contributed by atoms with Crippen LogP contribution >= 0.6 is 23.4 Å². The molecule has 1 rings (SSSR count). The van der Waals surface area contributed by atoms with Crippen LogP contribution in [0.2, 0.25) is 5.02 Å². The fourth-order valence-corrected chi connectivity index (χ4v) is 1.90. The van der Waals surface area contributed by atoms with Gasteiger partial charge in [-0.1, -0.05) is 47.6 Å². The van der Waals surface area contributed by atoms with Crippen LogP contribution in [0.4, 0.5) is 0 Å². The minimum Gasteiger partial charge on any atom is -0.495 e. The average molecular weight is 257 g/mol. The van der Waals surface area contributed by atoms with E-state index in [0.29, 0.717) is 16.5 Å². The van der Waals surface area contributed by atoms with Gasteiger partial charge in [-0.2, -0.15) is 0 Å². The molecule has 0 bridgehead atoms. The maximum Gasteiger partial charge on any atom is 0.186 e. The zero-order chi connectivity index (χ0) is 12.0. The number of carbonyl (C=O) groups excluding carboxylic acids is 1. The Morgan fingerprint density at radius 3 is 2.94 bits per heavy atom. The summed E-state index contributed by atoms with van der Waals surface area (Å²) >= 11 is 7.24. The molecule has 0 heterocycles. The predicted molar refractivity (Wildman–Crippen MR) is 70.2 cm³/mol. The van der Waals surface area contributed by atoms with E-state index in [4.69, 9.17) is 16.3 Å². The molecule has 0 N–H and O–H groups in total. The Hall–Kier alpha value is -0.930. The summed E-state index contributed by atoms with van der Waals surface area (Å²) < 4.78 is 5.20. The first-order valence-corrected chi connectivity index (χ1v) is 6.14. The van der Waals surface area contributed by atoms with Gasteiger partial charge in [0.15, 0.2) is 5.12 Å². The van der Waals surface area contributed by atoms with Crippen LogP contribution in [-0.4, -0.2) is 18.0 Å². The molecule has 2 nitrogen and oxygen atoms in total. The summed E-state index contributed by atoms with van der Waals surface area (Å²) in [6.45, 7) is 1.55. The standard InChI is InChI=1S/C12H13ClO2S/c1-9(14)16-8-4-6-10-5-3-7-11(13)12(10)15-2/h3-7H,8H2,1-2H3. The first-order valence-electron chi connectivity index (χ1n) is 4.77. The van der Waals surface area contributed by atoms with E-state index in [9.17, 15) is 4.79 Å². The fourth-order valence-electron chi connectivity index (χ4n) is 1.21. The molecule has 4 heteroatoms. The van der Waals surface area contributed by atoms with Crippen molar-refractivity contribution in [2.45, 2.75) is 6.92 Å². The highest BCUT2D eigenvalue weighted by molar-refractivity contribution is 8.13. The molecule has 0 aliphatic carbocycles. The van der Waals surface area contributed by atoms with Crippen molar-refractivity contribution in [3.8, 4) is 5.75 Å². The van der Waals surface area contributed by atoms with Crippen LogP contribution in [0.25, 0.3) is 6.08 Å². The Morgan fingerprint density at radius 2 is 2.31 bits per heavy atom. The molecular weight excluding hydrogens is 244 g/mol. The van der Waals surface area contributed by atoms with E-state index in [2.05, 4.69) is 0 Å². The number of halogens is 1. The van der Waals surface area contributed by atoms with Gasteiger partial charge in [0.05, 0.1) is 12.1 Å². The first-order chi connectivity index (χ1) is 7.65. The third-order valence-electron chi connectivity index (χ3n) is 1.88. The summed E-state index contributed by atoms with van der Waals surface area (Å²) in [5, 5.41) is 0.701. The molecule has 0 aliphatic rings. The zero-order valence-corrected chi connectivity index (χ0v) is 10.8. The summed E-state index contributed by atoms with van der Waals surface area (Å²) in [6, 6.07) is 5.56. The van der Waals surface area contributed by atoms with Crippen LogP contribution in [0.1, 0.15) is 12.5 Å². The number of para-hydroxylation sites is 1. The maximum atomic E-state index is 10.7. The first kappa shape index (κ1) is 13.1. The monoisotopic (exact) mass is 256 g/mol. The normalized spacial score (nSPS) is 10.7. The van der Waals surface area contributed by atoms with Crippen molar-refractivity contribution < 1.29 is 9.53 Å². The van der Waals surface area contributed by atoms with Crippen molar-refractivity contribution in [3.05, 3.63) is 34.9 Å². The average Bonchev–Trinajstić information content (AvgIpc) is 2.24. The van der Waals surface area contributed by atoms with Gasteiger partial charge in [0.25, 0.3) is 0 Å². The van der Waals surface area contributed by atoms with Crippen LogP contribution in [0.15, 0.2) is 24.3 Å². The highest BCUT2D eigenvalue weighted by Crippen LogP contribution is 2.29. The lowest BCUT2D eigenvalue weighted by atomic mass is 10.2. The zero-order valence-electron chi connectivity index (χ0n) is 9.20. The second-order valence-electron chi connectivity index (χ2n) is 3.07. The van der Waals surface area contributed by atoms with E-state index in [-0.39, 0.29) is 5.12 Å². The number of hydrogen-bond acceptors (Lipinski definition) is 3. The molecule has 16 heavy (non-hydrogen) atoms. The van der Waals surface area contributed by atoms with Gasteiger partial charge in [-0.25, -0.2) is 0 Å². The van der Waals surface area contributed by atoms with Gasteiger partial charge in [0, 0.05) is 18.2 Å². The van der Waals surface area contributed by atoms with Crippen molar-refractivity contribution in [1.29, 1.82) is 0 Å². The molecule has 0 fully saturated rings. The second kappa shape index (κ2) is 6.61. The summed E-state index contributed by atoms with van der Waals surface area (Å²) in [5.41, 5.74) is 0.916. The third-order valence-corrected chi connectivity index (χ3v) is 2.95. The topological polar surface area (TPSA) is 26.3 Å². The molecule has 0 saturated heterocycles. The van der Waals surface area contributed by atoms with Crippen molar-refractivity contribution in [2.24, 2.45) is 0 Å². The van der Waals surface area contributed by atoms with Crippen LogP contribution < -0.4 is 4.74 Å². The Balaban J connectivity index is 2.73. The van der Waals surface area contributed by atoms with Crippen LogP contribution in [0.3, 0.4) is 0 Å². The minimum absolute atomic E-state index is 0.114. The van der Waals surface area contributed by atoms with Crippen molar-refractivity contribution in [2.75, 3.05) is 12.9 Å². The van der Waals surface area contributed by atoms with E-state index in [1.807, 2.05) is 24.3 Å². The number of ether oxygens (including phenoxy) is 1. The molecular formula is C12H13ClO2S. The predicted octanol–water partition coefficient (Wildman–Crippen LogP) is 3.64. The Kier molecular flexibility index (Phi) is 5.43. The van der Waals surface area contributed by atoms with Gasteiger partial charge in [-0.15, -0.1) is 0 Å². The highest BCUT2D eigenvalue weighted by Gasteiger charge is 2.03. The van der Waals surface area contributed by atoms with Crippen LogP contribution in [0.5, 0.6) is 5.75 Å². The summed E-state index contributed by atoms with van der Waals surface area (Å²) in [7, 11) is 1.59. The molecule has 0 amide bonds. The maximum absolute atomic E-state index is 10.7. The molecule has 0 radical (unpaired) electrons. The van der Waals surface area contributed by atoms with Crippen molar-refractivity contribution in [1.82, 2.24) is 0 Å². The molecule has 0 aliphatic heterocycles. The molecule has 86 valence electrons. The Bertz CT molecular complexity index is 402. The Morgan fingerprint density at radius 1 is 1.56 bits per heavy atom. The molecule has 0 unspecified atom stereocenters. The van der Waals surface area contributed by atoms with Crippen LogP contribution in [-0.2, 0) is 4.79 Å². The van der Waals surface area contributed by atoms with Gasteiger partial charge in [-0.3, -0.25) is 4.79 Å². The number of carbonyl (C=O) groups is 1. The van der Waals surface area contributed by atoms with Crippen molar-refractivity contribution in [3.63, 3.8) is 0 Å². The molecule has 0 atom stereocenters. The number of benzene rings is 1. The van der Waals surface area contributed by atoms with Crippen LogP contribution in [0, 0.1) is 0 Å². The number of rotatable bonds is 4. The van der Waals surface area contributed by atoms with E-state index >= 15 is 0 Å². The second-order valence-corrected chi connectivity index (χ2v) is 4.67. The lowest BCUT2D eigenvalue weighted by Gasteiger charge is -2.06. The van der Waals surface area contributed by atoms with Gasteiger partial charge in [0.2, 0.25) is 0 Å². The summed E-state index contributed by atoms with van der Waals surface area (Å²) in [4.78, 5) is 10.7. The summed E-state index contributed by atoms with van der Waals surface area (Å²) in [6.07, 6.45) is 3.82. The smallest absolute Gasteiger partial charge is 0.186 e. The number of thioether (sulfide) groups is 1. The fraction of sp³-hybridized carbons (Fsp3) is 0.250. The quantitative estimate of drug-likeness (QED) is 0.823. The Labute approximate surface area is 105 Å². The number of hydrogen-bond donors (Lipinski definition) is 0.